The molecule has 1 saturated heterocycles. The highest BCUT2D eigenvalue weighted by molar-refractivity contribution is 6.46. The maximum Gasteiger partial charge on any atom is 0.295 e. The van der Waals surface area contributed by atoms with Gasteiger partial charge in [0.2, 0.25) is 5.78 Å². The smallest absolute Gasteiger partial charge is 0.295 e. The van der Waals surface area contributed by atoms with Crippen LogP contribution in [0.1, 0.15) is 42.5 Å². The van der Waals surface area contributed by atoms with E-state index >= 15 is 0 Å². The lowest BCUT2D eigenvalue weighted by molar-refractivity contribution is -0.786. The van der Waals surface area contributed by atoms with Gasteiger partial charge in [-0.25, -0.2) is 0 Å². The van der Waals surface area contributed by atoms with Crippen LogP contribution in [-0.4, -0.2) is 37.2 Å². The number of hydrogen-bond donors (Lipinski definition) is 1. The molecule has 1 N–H and O–H groups in total. The molecule has 0 spiro atoms. The van der Waals surface area contributed by atoms with Crippen molar-refractivity contribution in [1.29, 1.82) is 0 Å². The Hall–Kier alpha value is -2.92. The van der Waals surface area contributed by atoms with Crippen LogP contribution in [-0.2, 0) is 9.59 Å². The van der Waals surface area contributed by atoms with Gasteiger partial charge in [0, 0.05) is 12.1 Å². The maximum absolute atomic E-state index is 13.3. The van der Waals surface area contributed by atoms with E-state index in [1.165, 1.54) is 4.90 Å². The number of nitrogens with zero attached hydrogens (tertiary/aromatic N) is 1. The standard InChI is InChI=1S/C24H28N2O3/c1-5-6-15-26-21(17-11-13-19(14-12-17)25(3)4)20(23(28)24(26)29)22(27)18-9-7-16(2)8-10-18/h7-14,21,27H,5-6,15H2,1-4H3. The van der Waals surface area contributed by atoms with Gasteiger partial charge in [0.05, 0.1) is 20.1 Å². The second-order valence-corrected chi connectivity index (χ2v) is 7.81. The minimum absolute atomic E-state index is 0.0555. The van der Waals surface area contributed by atoms with E-state index in [1.807, 2.05) is 64.3 Å². The molecule has 0 aromatic heterocycles. The number of hydrogen-bond acceptors (Lipinski definition) is 3. The van der Waals surface area contributed by atoms with E-state index in [1.54, 1.807) is 17.0 Å². The topological polar surface area (TPSA) is 64.9 Å². The van der Waals surface area contributed by atoms with Crippen molar-refractivity contribution in [2.24, 2.45) is 0 Å². The van der Waals surface area contributed by atoms with E-state index in [0.717, 1.165) is 29.7 Å². The number of aryl methyl sites for hydroxylation is 1. The summed E-state index contributed by atoms with van der Waals surface area (Å²) in [5.74, 6) is -1.63. The molecule has 5 heteroatoms. The first kappa shape index (κ1) is 20.8. The first-order chi connectivity index (χ1) is 13.8. The lowest BCUT2D eigenvalue weighted by Gasteiger charge is -2.27. The van der Waals surface area contributed by atoms with Crippen LogP contribution in [0.2, 0.25) is 0 Å². The van der Waals surface area contributed by atoms with Crippen molar-refractivity contribution in [1.82, 2.24) is 4.90 Å². The quantitative estimate of drug-likeness (QED) is 0.463. The highest BCUT2D eigenvalue weighted by atomic mass is 16.3. The monoisotopic (exact) mass is 392 g/mol. The van der Waals surface area contributed by atoms with Gasteiger partial charge >= 0.3 is 0 Å². The summed E-state index contributed by atoms with van der Waals surface area (Å²) in [5, 5.41) is 13.3. The summed E-state index contributed by atoms with van der Waals surface area (Å²) in [4.78, 5) is 28.4. The van der Waals surface area contributed by atoms with Crippen molar-refractivity contribution < 1.29 is 19.6 Å². The molecule has 2 aromatic rings. The first-order valence-corrected chi connectivity index (χ1v) is 10.1. The molecule has 1 aliphatic heterocycles. The molecule has 0 aliphatic carbocycles. The molecule has 1 atom stereocenters. The van der Waals surface area contributed by atoms with Gasteiger partial charge in [0.1, 0.15) is 5.69 Å². The number of ketones is 1. The van der Waals surface area contributed by atoms with Gasteiger partial charge in [-0.05, 0) is 36.6 Å². The summed E-state index contributed by atoms with van der Waals surface area (Å²) in [7, 11) is 4.06. The van der Waals surface area contributed by atoms with Crippen molar-refractivity contribution in [2.75, 3.05) is 20.6 Å². The van der Waals surface area contributed by atoms with Crippen LogP contribution in [0.5, 0.6) is 0 Å². The number of amides is 1. The summed E-state index contributed by atoms with van der Waals surface area (Å²) in [6, 6.07) is 14.3. The summed E-state index contributed by atoms with van der Waals surface area (Å²) in [6.07, 6.45) is 1.68. The molecular weight excluding hydrogens is 364 g/mol. The minimum atomic E-state index is -0.681. The number of carbonyl (C=O) groups excluding carboxylic acids is 2. The van der Waals surface area contributed by atoms with Gasteiger partial charge in [-0.2, -0.15) is 0 Å². The predicted octanol–water partition coefficient (Wildman–Crippen LogP) is 1.80. The molecule has 0 saturated carbocycles. The Morgan fingerprint density at radius 1 is 1.03 bits per heavy atom. The van der Waals surface area contributed by atoms with Gasteiger partial charge in [0.15, 0.2) is 0 Å². The van der Waals surface area contributed by atoms with Crippen molar-refractivity contribution in [3.05, 3.63) is 70.8 Å². The van der Waals surface area contributed by atoms with Crippen LogP contribution in [0, 0.1) is 6.92 Å². The van der Waals surface area contributed by atoms with E-state index in [4.69, 9.17) is 0 Å². The molecule has 29 heavy (non-hydrogen) atoms. The van der Waals surface area contributed by atoms with Crippen molar-refractivity contribution in [2.45, 2.75) is 32.7 Å². The zero-order chi connectivity index (χ0) is 21.1. The summed E-state index contributed by atoms with van der Waals surface area (Å²) in [6.45, 7) is 4.43. The molecule has 1 unspecified atom stereocenters. The number of Topliss-reactive ketones (excluding diaryl/α,β-unsaturated/α-hetero) is 1. The molecule has 1 amide bonds. The molecular formula is C24H28N2O3. The maximum atomic E-state index is 13.3. The average molecular weight is 392 g/mol. The average Bonchev–Trinajstić information content (AvgIpc) is 2.97. The Bertz CT molecular complexity index is 928. The third kappa shape index (κ3) is 4.10. The summed E-state index contributed by atoms with van der Waals surface area (Å²) in [5.41, 5.74) is 3.41. The molecule has 3 rings (SSSR count). The highest BCUT2D eigenvalue weighted by Crippen LogP contribution is 2.39. The fraction of sp³-hybridized carbons (Fsp3) is 0.333. The molecule has 152 valence electrons. The molecule has 1 aliphatic rings. The van der Waals surface area contributed by atoms with E-state index in [2.05, 4.69) is 0 Å². The Morgan fingerprint density at radius 2 is 1.66 bits per heavy atom. The van der Waals surface area contributed by atoms with Crippen molar-refractivity contribution in [3.8, 4) is 0 Å². The number of benzene rings is 2. The summed E-state index contributed by atoms with van der Waals surface area (Å²) < 4.78 is 0. The van der Waals surface area contributed by atoms with Crippen LogP contribution in [0.4, 0.5) is 5.69 Å². The zero-order valence-corrected chi connectivity index (χ0v) is 17.5. The fourth-order valence-corrected chi connectivity index (χ4v) is 3.64. The van der Waals surface area contributed by atoms with E-state index in [9.17, 15) is 14.7 Å². The molecule has 2 aromatic carbocycles. The normalized spacial score (nSPS) is 18.7. The van der Waals surface area contributed by atoms with Crippen LogP contribution >= 0.6 is 0 Å². The third-order valence-electron chi connectivity index (χ3n) is 5.40. The molecule has 1 fully saturated rings. The van der Waals surface area contributed by atoms with Gasteiger partial charge < -0.3 is 14.9 Å². The van der Waals surface area contributed by atoms with Gasteiger partial charge in [0.25, 0.3) is 5.91 Å². The van der Waals surface area contributed by atoms with Crippen LogP contribution in [0.15, 0.2) is 54.1 Å². The van der Waals surface area contributed by atoms with Gasteiger partial charge in [-0.15, -0.1) is 0 Å². The second-order valence-electron chi connectivity index (χ2n) is 7.81. The number of nitrogens with one attached hydrogen (secondary N) is 1. The number of rotatable bonds is 6. The molecule has 0 radical (unpaired) electrons. The molecule has 0 bridgehead atoms. The Kier molecular flexibility index (Phi) is 6.18. The largest absolute Gasteiger partial charge is 0.872 e. The predicted molar refractivity (Wildman–Crippen MR) is 111 cm³/mol. The molecule has 5 nitrogen and oxygen atoms in total. The Labute approximate surface area is 172 Å². The van der Waals surface area contributed by atoms with Crippen LogP contribution < -0.4 is 10.0 Å². The van der Waals surface area contributed by atoms with Crippen LogP contribution in [0.3, 0.4) is 0 Å². The van der Waals surface area contributed by atoms with E-state index < -0.39 is 17.7 Å². The first-order valence-electron chi connectivity index (χ1n) is 10.1. The highest BCUT2D eigenvalue weighted by Gasteiger charge is 2.43. The Morgan fingerprint density at radius 3 is 2.21 bits per heavy atom. The number of unbranched alkanes of at least 4 members (excludes halogenated alkanes) is 1. The van der Waals surface area contributed by atoms with E-state index in [-0.39, 0.29) is 11.3 Å². The van der Waals surface area contributed by atoms with Gasteiger partial charge in [-0.1, -0.05) is 61.1 Å². The summed E-state index contributed by atoms with van der Waals surface area (Å²) >= 11 is 0. The van der Waals surface area contributed by atoms with Crippen LogP contribution in [0.25, 0.3) is 5.76 Å². The second kappa shape index (κ2) is 8.62. The third-order valence-corrected chi connectivity index (χ3v) is 5.40. The van der Waals surface area contributed by atoms with Gasteiger partial charge in [-0.3, -0.25) is 9.59 Å². The number of carbonyl (C=O) groups is 2. The van der Waals surface area contributed by atoms with E-state index in [0.29, 0.717) is 12.1 Å². The minimum Gasteiger partial charge on any atom is -0.872 e. The SMILES string of the molecule is CCCCN1C(=O)C(=O)C(=C([O-])c2ccc(C)cc2)C1c1ccc([NH+](C)C)cc1. The zero-order valence-electron chi connectivity index (χ0n) is 17.5. The van der Waals surface area contributed by atoms with Crippen molar-refractivity contribution in [3.63, 3.8) is 0 Å². The lowest BCUT2D eigenvalue weighted by atomic mass is 9.94. The van der Waals surface area contributed by atoms with Crippen molar-refractivity contribution >= 4 is 23.1 Å². The lowest BCUT2D eigenvalue weighted by Crippen LogP contribution is -3.00. The molecule has 1 heterocycles. The number of likely N-dealkylation sites (tertiary alicyclic amines) is 1. The fourth-order valence-electron chi connectivity index (χ4n) is 3.64. The Balaban J connectivity index is 2.13. The number of quaternary nitrogens is 1.